The first-order valence-corrected chi connectivity index (χ1v) is 13.0. The highest BCUT2D eigenvalue weighted by Gasteiger charge is 2.26. The molecule has 0 spiro atoms. The number of pyridine rings is 1. The van der Waals surface area contributed by atoms with Crippen molar-refractivity contribution in [1.82, 2.24) is 4.57 Å². The normalized spacial score (nSPS) is 13.3. The van der Waals surface area contributed by atoms with Crippen molar-refractivity contribution in [1.29, 1.82) is 0 Å². The second-order valence-electron chi connectivity index (χ2n) is 9.06. The van der Waals surface area contributed by atoms with E-state index in [9.17, 15) is 14.7 Å². The van der Waals surface area contributed by atoms with Crippen LogP contribution in [0.25, 0.3) is 16.5 Å². The third-order valence-corrected chi connectivity index (χ3v) is 8.00. The number of hydrogen-bond donors (Lipinski definition) is 1. The Bertz CT molecular complexity index is 1580. The summed E-state index contributed by atoms with van der Waals surface area (Å²) in [4.78, 5) is 32.1. The summed E-state index contributed by atoms with van der Waals surface area (Å²) < 4.78 is 6.67. The number of carbonyl (C=O) groups is 1. The van der Waals surface area contributed by atoms with Crippen molar-refractivity contribution >= 4 is 39.3 Å². The predicted molar refractivity (Wildman–Crippen MR) is 145 cm³/mol. The second kappa shape index (κ2) is 9.74. The highest BCUT2D eigenvalue weighted by molar-refractivity contribution is 7.16. The van der Waals surface area contributed by atoms with Gasteiger partial charge < -0.3 is 9.84 Å². The summed E-state index contributed by atoms with van der Waals surface area (Å²) in [6.45, 7) is 6.06. The van der Waals surface area contributed by atoms with Crippen molar-refractivity contribution in [3.8, 4) is 11.6 Å². The van der Waals surface area contributed by atoms with Crippen LogP contribution in [0.1, 0.15) is 57.3 Å². The minimum absolute atomic E-state index is 0.190. The molecule has 0 radical (unpaired) electrons. The average Bonchev–Trinajstić information content (AvgIpc) is 3.25. The van der Waals surface area contributed by atoms with Gasteiger partial charge in [0.1, 0.15) is 5.00 Å². The lowest BCUT2D eigenvalue weighted by molar-refractivity contribution is 0.0526. The molecule has 2 heterocycles. The van der Waals surface area contributed by atoms with Crippen LogP contribution < -0.4 is 5.56 Å². The molecule has 2 aromatic carbocycles. The molecule has 0 bridgehead atoms. The number of aromatic nitrogens is 1. The van der Waals surface area contributed by atoms with E-state index in [1.807, 2.05) is 38.1 Å². The number of hydrogen-bond acceptors (Lipinski definition) is 6. The van der Waals surface area contributed by atoms with Gasteiger partial charge in [0, 0.05) is 21.9 Å². The molecule has 4 aromatic rings. The van der Waals surface area contributed by atoms with Crippen LogP contribution in [0.4, 0.5) is 5.00 Å². The zero-order chi connectivity index (χ0) is 25.4. The molecule has 0 amide bonds. The lowest BCUT2D eigenvalue weighted by Gasteiger charge is -2.15. The molecule has 0 saturated carbocycles. The van der Waals surface area contributed by atoms with E-state index >= 15 is 0 Å². The Morgan fingerprint density at radius 3 is 2.61 bits per heavy atom. The van der Waals surface area contributed by atoms with Crippen LogP contribution in [0.2, 0.25) is 0 Å². The van der Waals surface area contributed by atoms with Crippen molar-refractivity contribution in [3.05, 3.63) is 85.5 Å². The van der Waals surface area contributed by atoms with E-state index in [1.54, 1.807) is 31.3 Å². The van der Waals surface area contributed by atoms with Crippen molar-refractivity contribution in [3.63, 3.8) is 0 Å². The smallest absolute Gasteiger partial charge is 0.341 e. The summed E-state index contributed by atoms with van der Waals surface area (Å²) in [7, 11) is 0. The molecule has 184 valence electrons. The zero-order valence-electron chi connectivity index (χ0n) is 20.6. The van der Waals surface area contributed by atoms with E-state index in [0.29, 0.717) is 39.2 Å². The van der Waals surface area contributed by atoms with Crippen LogP contribution in [0, 0.1) is 13.8 Å². The number of ether oxygens (including phenoxy) is 1. The topological polar surface area (TPSA) is 80.9 Å². The van der Waals surface area contributed by atoms with Crippen molar-refractivity contribution in [2.75, 3.05) is 6.61 Å². The number of esters is 1. The van der Waals surface area contributed by atoms with E-state index in [4.69, 9.17) is 9.73 Å². The fraction of sp³-hybridized carbons (Fsp3) is 0.276. The lowest BCUT2D eigenvalue weighted by Crippen LogP contribution is -2.20. The fourth-order valence-electron chi connectivity index (χ4n) is 4.77. The minimum Gasteiger partial charge on any atom is -0.494 e. The number of aryl methyl sites for hydroxylation is 3. The maximum absolute atomic E-state index is 13.4. The van der Waals surface area contributed by atoms with E-state index in [-0.39, 0.29) is 17.4 Å². The number of aliphatic imine (C=N–C) groups is 1. The molecule has 0 unspecified atom stereocenters. The molecule has 1 aliphatic rings. The number of nitrogens with zero attached hydrogens (tertiary/aromatic N) is 2. The van der Waals surface area contributed by atoms with Crippen LogP contribution in [-0.2, 0) is 17.6 Å². The molecule has 1 aliphatic carbocycles. The summed E-state index contributed by atoms with van der Waals surface area (Å²) in [5.41, 5.74) is 4.38. The first-order valence-electron chi connectivity index (χ1n) is 12.2. The maximum Gasteiger partial charge on any atom is 0.341 e. The van der Waals surface area contributed by atoms with Crippen LogP contribution in [0.5, 0.6) is 5.88 Å². The highest BCUT2D eigenvalue weighted by Crippen LogP contribution is 2.40. The molecule has 2 aromatic heterocycles. The summed E-state index contributed by atoms with van der Waals surface area (Å²) in [6, 6.07) is 12.8. The molecule has 0 aliphatic heterocycles. The minimum atomic E-state index is -0.363. The Labute approximate surface area is 213 Å². The molecular weight excluding hydrogens is 472 g/mol. The fourth-order valence-corrected chi connectivity index (χ4v) is 5.99. The van der Waals surface area contributed by atoms with E-state index in [1.165, 1.54) is 20.8 Å². The Balaban J connectivity index is 1.71. The Kier molecular flexibility index (Phi) is 6.49. The molecule has 7 heteroatoms. The SMILES string of the molecule is CCOC(=O)c1c(N=Cc2c(O)n(-c3ccc(C)c(C)c3)c(=O)c3ccccc23)sc2c1CCCC2. The Hall–Kier alpha value is -3.71. The molecule has 0 fully saturated rings. The molecule has 0 saturated heterocycles. The van der Waals surface area contributed by atoms with Gasteiger partial charge in [-0.1, -0.05) is 24.3 Å². The van der Waals surface area contributed by atoms with E-state index in [2.05, 4.69) is 0 Å². The largest absolute Gasteiger partial charge is 0.494 e. The summed E-state index contributed by atoms with van der Waals surface area (Å²) in [5, 5.41) is 13.0. The standard InChI is InChI=1S/C29H28N2O4S/c1-4-35-29(34)25-22-11-7-8-12-24(22)36-26(25)30-16-23-20-9-5-6-10-21(20)27(32)31(28(23)33)19-14-13-17(2)18(3)15-19/h5-6,9-10,13-16,33H,4,7-8,11-12H2,1-3H3. The van der Waals surface area contributed by atoms with Crippen molar-refractivity contribution in [2.45, 2.75) is 46.5 Å². The van der Waals surface area contributed by atoms with Crippen LogP contribution in [0.3, 0.4) is 0 Å². The lowest BCUT2D eigenvalue weighted by atomic mass is 9.95. The number of carbonyl (C=O) groups excluding carboxylic acids is 1. The van der Waals surface area contributed by atoms with Gasteiger partial charge in [0.2, 0.25) is 5.88 Å². The van der Waals surface area contributed by atoms with E-state index < -0.39 is 0 Å². The number of aromatic hydroxyl groups is 1. The molecule has 6 nitrogen and oxygen atoms in total. The Morgan fingerprint density at radius 2 is 1.86 bits per heavy atom. The first kappa shape index (κ1) is 24.0. The van der Waals surface area contributed by atoms with Gasteiger partial charge >= 0.3 is 5.97 Å². The van der Waals surface area contributed by atoms with Gasteiger partial charge in [-0.3, -0.25) is 4.79 Å². The molecule has 5 rings (SSSR count). The highest BCUT2D eigenvalue weighted by atomic mass is 32.1. The molecule has 1 N–H and O–H groups in total. The molecule has 0 atom stereocenters. The van der Waals surface area contributed by atoms with Crippen molar-refractivity contribution < 1.29 is 14.6 Å². The van der Waals surface area contributed by atoms with E-state index in [0.717, 1.165) is 42.4 Å². The maximum atomic E-state index is 13.4. The number of rotatable bonds is 5. The first-order chi connectivity index (χ1) is 17.4. The van der Waals surface area contributed by atoms with Gasteiger partial charge in [-0.2, -0.15) is 0 Å². The average molecular weight is 501 g/mol. The van der Waals surface area contributed by atoms with Crippen LogP contribution >= 0.6 is 11.3 Å². The number of thiophene rings is 1. The number of benzene rings is 2. The predicted octanol–water partition coefficient (Wildman–Crippen LogP) is 6.18. The van der Waals surface area contributed by atoms with Gasteiger partial charge in [0.25, 0.3) is 5.56 Å². The zero-order valence-corrected chi connectivity index (χ0v) is 21.4. The summed E-state index contributed by atoms with van der Waals surface area (Å²) >= 11 is 1.51. The van der Waals surface area contributed by atoms with Crippen LogP contribution in [0.15, 0.2) is 52.3 Å². The monoisotopic (exact) mass is 500 g/mol. The van der Waals surface area contributed by atoms with Gasteiger partial charge in [-0.05, 0) is 81.3 Å². The van der Waals surface area contributed by atoms with Gasteiger partial charge in [-0.25, -0.2) is 14.4 Å². The van der Waals surface area contributed by atoms with Gasteiger partial charge in [0.05, 0.1) is 23.4 Å². The summed E-state index contributed by atoms with van der Waals surface area (Å²) in [6.07, 6.45) is 5.45. The van der Waals surface area contributed by atoms with Gasteiger partial charge in [-0.15, -0.1) is 11.3 Å². The van der Waals surface area contributed by atoms with Crippen LogP contribution in [-0.4, -0.2) is 28.5 Å². The third kappa shape index (κ3) is 4.13. The van der Waals surface area contributed by atoms with Crippen molar-refractivity contribution in [2.24, 2.45) is 4.99 Å². The second-order valence-corrected chi connectivity index (χ2v) is 10.1. The Morgan fingerprint density at radius 1 is 1.11 bits per heavy atom. The quantitative estimate of drug-likeness (QED) is 0.262. The number of fused-ring (bicyclic) bond motifs is 2. The summed E-state index contributed by atoms with van der Waals surface area (Å²) in [5.74, 6) is -0.553. The molecule has 36 heavy (non-hydrogen) atoms. The molecular formula is C29H28N2O4S. The van der Waals surface area contributed by atoms with Gasteiger partial charge in [0.15, 0.2) is 0 Å². The third-order valence-electron chi connectivity index (χ3n) is 6.80.